The first-order valence-electron chi connectivity index (χ1n) is 6.65. The molecule has 1 aromatic rings. The van der Waals surface area contributed by atoms with Crippen LogP contribution in [-0.4, -0.2) is 29.2 Å². The minimum atomic E-state index is -0.595. The van der Waals surface area contributed by atoms with E-state index in [-0.39, 0.29) is 30.5 Å². The largest absolute Gasteiger partial charge is 0.399 e. The Morgan fingerprint density at radius 1 is 1.29 bits per heavy atom. The molecule has 0 atom stereocenters. The van der Waals surface area contributed by atoms with E-state index in [1.165, 1.54) is 12.1 Å². The molecule has 0 unspecified atom stereocenters. The zero-order valence-corrected chi connectivity index (χ0v) is 11.4. The van der Waals surface area contributed by atoms with Gasteiger partial charge >= 0.3 is 0 Å². The average molecular weight is 293 g/mol. The summed E-state index contributed by atoms with van der Waals surface area (Å²) in [5, 5.41) is 2.38. The minimum Gasteiger partial charge on any atom is -0.399 e. The summed E-state index contributed by atoms with van der Waals surface area (Å²) in [5.74, 6) is -1.61. The number of halogens is 1. The first kappa shape index (κ1) is 15.0. The smallest absolute Gasteiger partial charge is 0.229 e. The van der Waals surface area contributed by atoms with Crippen molar-refractivity contribution in [3.8, 4) is 0 Å². The highest BCUT2D eigenvalue weighted by Gasteiger charge is 2.26. The van der Waals surface area contributed by atoms with E-state index < -0.39 is 11.7 Å². The van der Waals surface area contributed by atoms with Crippen molar-refractivity contribution in [3.63, 3.8) is 0 Å². The Hall–Kier alpha value is -2.44. The summed E-state index contributed by atoms with van der Waals surface area (Å²) >= 11 is 0. The minimum absolute atomic E-state index is 0.00738. The number of amides is 3. The van der Waals surface area contributed by atoms with Crippen LogP contribution in [0.2, 0.25) is 0 Å². The number of hydrogen-bond acceptors (Lipinski definition) is 4. The van der Waals surface area contributed by atoms with Crippen molar-refractivity contribution in [1.29, 1.82) is 0 Å². The SMILES string of the molecule is Nc1ccc(F)c(NC(=O)CCN2C(=O)CCCC2=O)c1. The molecule has 2 rings (SSSR count). The average Bonchev–Trinajstić information content (AvgIpc) is 2.42. The van der Waals surface area contributed by atoms with Crippen LogP contribution in [0.3, 0.4) is 0 Å². The van der Waals surface area contributed by atoms with Gasteiger partial charge in [0.25, 0.3) is 0 Å². The summed E-state index contributed by atoms with van der Waals surface area (Å²) in [7, 11) is 0. The van der Waals surface area contributed by atoms with Crippen LogP contribution in [0, 0.1) is 5.82 Å². The molecule has 0 radical (unpaired) electrons. The number of carbonyl (C=O) groups is 3. The number of nitrogens with two attached hydrogens (primary N) is 1. The topological polar surface area (TPSA) is 92.5 Å². The van der Waals surface area contributed by atoms with Crippen molar-refractivity contribution in [1.82, 2.24) is 4.90 Å². The van der Waals surface area contributed by atoms with Gasteiger partial charge in [0.2, 0.25) is 17.7 Å². The summed E-state index contributed by atoms with van der Waals surface area (Å²) < 4.78 is 13.5. The van der Waals surface area contributed by atoms with Crippen molar-refractivity contribution < 1.29 is 18.8 Å². The maximum atomic E-state index is 13.5. The summed E-state index contributed by atoms with van der Waals surface area (Å²) in [6.07, 6.45) is 1.11. The molecule has 3 amide bonds. The Kier molecular flexibility index (Phi) is 4.52. The lowest BCUT2D eigenvalue weighted by atomic mass is 10.1. The molecule has 1 heterocycles. The second-order valence-electron chi connectivity index (χ2n) is 4.83. The van der Waals surface area contributed by atoms with Crippen molar-refractivity contribution >= 4 is 29.1 Å². The summed E-state index contributed by atoms with van der Waals surface area (Å²) in [6.45, 7) is 0.00738. The Bertz CT molecular complexity index is 573. The van der Waals surface area contributed by atoms with Gasteiger partial charge in [0, 0.05) is 31.5 Å². The highest BCUT2D eigenvalue weighted by Crippen LogP contribution is 2.18. The van der Waals surface area contributed by atoms with Gasteiger partial charge < -0.3 is 11.1 Å². The third-order valence-electron chi connectivity index (χ3n) is 3.21. The fourth-order valence-corrected chi connectivity index (χ4v) is 2.11. The molecule has 0 aliphatic carbocycles. The normalized spacial score (nSPS) is 15.2. The maximum absolute atomic E-state index is 13.5. The monoisotopic (exact) mass is 293 g/mol. The van der Waals surface area contributed by atoms with E-state index in [0.717, 1.165) is 11.0 Å². The van der Waals surface area contributed by atoms with Crippen molar-refractivity contribution in [2.45, 2.75) is 25.7 Å². The third-order valence-corrected chi connectivity index (χ3v) is 3.21. The van der Waals surface area contributed by atoms with Crippen LogP contribution in [0.4, 0.5) is 15.8 Å². The van der Waals surface area contributed by atoms with E-state index in [9.17, 15) is 18.8 Å². The number of nitrogens with one attached hydrogen (secondary N) is 1. The Morgan fingerprint density at radius 2 is 1.95 bits per heavy atom. The van der Waals surface area contributed by atoms with Gasteiger partial charge in [0.1, 0.15) is 5.82 Å². The first-order chi connectivity index (χ1) is 9.97. The van der Waals surface area contributed by atoms with Crippen LogP contribution in [0.25, 0.3) is 0 Å². The van der Waals surface area contributed by atoms with Gasteiger partial charge in [0.15, 0.2) is 0 Å². The van der Waals surface area contributed by atoms with Gasteiger partial charge in [-0.2, -0.15) is 0 Å². The number of nitrogens with zero attached hydrogens (tertiary/aromatic N) is 1. The lowest BCUT2D eigenvalue weighted by Crippen LogP contribution is -2.41. The second-order valence-corrected chi connectivity index (χ2v) is 4.83. The number of rotatable bonds is 4. The summed E-state index contributed by atoms with van der Waals surface area (Å²) in [6, 6.07) is 3.85. The van der Waals surface area contributed by atoms with Crippen molar-refractivity contribution in [2.24, 2.45) is 0 Å². The summed E-state index contributed by atoms with van der Waals surface area (Å²) in [5.41, 5.74) is 5.82. The first-order valence-corrected chi connectivity index (χ1v) is 6.65. The highest BCUT2D eigenvalue weighted by molar-refractivity contribution is 5.98. The van der Waals surface area contributed by atoms with E-state index in [4.69, 9.17) is 5.73 Å². The quantitative estimate of drug-likeness (QED) is 0.646. The maximum Gasteiger partial charge on any atom is 0.229 e. The molecule has 21 heavy (non-hydrogen) atoms. The van der Waals surface area contributed by atoms with Gasteiger partial charge in [-0.15, -0.1) is 0 Å². The van der Waals surface area contributed by atoms with Gasteiger partial charge in [-0.05, 0) is 24.6 Å². The molecule has 0 saturated carbocycles. The number of hydrogen-bond donors (Lipinski definition) is 2. The predicted octanol–water partition coefficient (Wildman–Crippen LogP) is 1.28. The van der Waals surface area contributed by atoms with Crippen molar-refractivity contribution in [2.75, 3.05) is 17.6 Å². The van der Waals surface area contributed by atoms with Gasteiger partial charge in [0.05, 0.1) is 5.69 Å². The molecule has 0 aromatic heterocycles. The van der Waals surface area contributed by atoms with Crippen molar-refractivity contribution in [3.05, 3.63) is 24.0 Å². The van der Waals surface area contributed by atoms with Crippen LogP contribution in [0.5, 0.6) is 0 Å². The molecule has 6 nitrogen and oxygen atoms in total. The van der Waals surface area contributed by atoms with Crippen LogP contribution in [0.15, 0.2) is 18.2 Å². The molecular formula is C14H16FN3O3. The van der Waals surface area contributed by atoms with Gasteiger partial charge in [-0.3, -0.25) is 19.3 Å². The number of likely N-dealkylation sites (tertiary alicyclic amines) is 1. The lowest BCUT2D eigenvalue weighted by molar-refractivity contribution is -0.148. The molecule has 7 heteroatoms. The van der Waals surface area contributed by atoms with Crippen LogP contribution < -0.4 is 11.1 Å². The molecule has 1 saturated heterocycles. The van der Waals surface area contributed by atoms with Crippen LogP contribution in [-0.2, 0) is 14.4 Å². The Balaban J connectivity index is 1.91. The summed E-state index contributed by atoms with van der Waals surface area (Å²) in [4.78, 5) is 36.0. The molecule has 1 aliphatic rings. The van der Waals surface area contributed by atoms with Crippen LogP contribution in [0.1, 0.15) is 25.7 Å². The van der Waals surface area contributed by atoms with E-state index in [1.807, 2.05) is 0 Å². The Labute approximate surface area is 121 Å². The van der Waals surface area contributed by atoms with E-state index in [0.29, 0.717) is 24.9 Å². The number of piperidine rings is 1. The fourth-order valence-electron chi connectivity index (χ4n) is 2.11. The molecule has 1 aliphatic heterocycles. The molecule has 3 N–H and O–H groups in total. The molecular weight excluding hydrogens is 277 g/mol. The third kappa shape index (κ3) is 3.77. The predicted molar refractivity (Wildman–Crippen MR) is 74.6 cm³/mol. The van der Waals surface area contributed by atoms with E-state index in [2.05, 4.69) is 5.32 Å². The zero-order chi connectivity index (χ0) is 15.4. The molecule has 1 fully saturated rings. The molecule has 0 spiro atoms. The number of imide groups is 1. The number of benzene rings is 1. The van der Waals surface area contributed by atoms with Gasteiger partial charge in [-0.25, -0.2) is 4.39 Å². The van der Waals surface area contributed by atoms with Gasteiger partial charge in [-0.1, -0.05) is 0 Å². The van der Waals surface area contributed by atoms with E-state index in [1.54, 1.807) is 0 Å². The zero-order valence-electron chi connectivity index (χ0n) is 11.4. The Morgan fingerprint density at radius 3 is 2.62 bits per heavy atom. The standard InChI is InChI=1S/C14H16FN3O3/c15-10-5-4-9(16)8-11(10)17-12(19)6-7-18-13(20)2-1-3-14(18)21/h4-5,8H,1-3,6-7,16H2,(H,17,19). The van der Waals surface area contributed by atoms with Crippen LogP contribution >= 0.6 is 0 Å². The number of nitrogen functional groups attached to an aromatic ring is 1. The number of carbonyl (C=O) groups excluding carboxylic acids is 3. The highest BCUT2D eigenvalue weighted by atomic mass is 19.1. The molecule has 112 valence electrons. The van der Waals surface area contributed by atoms with E-state index >= 15 is 0 Å². The lowest BCUT2D eigenvalue weighted by Gasteiger charge is -2.24. The molecule has 1 aromatic carbocycles. The molecule has 0 bridgehead atoms. The number of anilines is 2. The second kappa shape index (κ2) is 6.34. The fraction of sp³-hybridized carbons (Fsp3) is 0.357.